The number of amides is 1. The molecule has 3 rings (SSSR count). The fourth-order valence-corrected chi connectivity index (χ4v) is 4.31. The number of nitrogens with zero attached hydrogens (tertiary/aromatic N) is 1. The van der Waals surface area contributed by atoms with Gasteiger partial charge >= 0.3 is 6.09 Å². The molecule has 0 bridgehead atoms. The van der Waals surface area contributed by atoms with E-state index in [1.165, 1.54) is 12.8 Å². The molecular weight excluding hydrogens is 370 g/mol. The van der Waals surface area contributed by atoms with E-state index < -0.39 is 5.60 Å². The topological polar surface area (TPSA) is 57.2 Å². The molecule has 162 valence electrons. The highest BCUT2D eigenvalue weighted by molar-refractivity contribution is 5.69. The number of hydrogen-bond acceptors (Lipinski definition) is 5. The van der Waals surface area contributed by atoms with Gasteiger partial charge in [0.05, 0.1) is 19.8 Å². The molecule has 0 N–H and O–H groups in total. The summed E-state index contributed by atoms with van der Waals surface area (Å²) >= 11 is 0. The van der Waals surface area contributed by atoms with Crippen LogP contribution in [0.1, 0.15) is 57.9 Å². The number of rotatable bonds is 6. The third-order valence-corrected chi connectivity index (χ3v) is 5.69. The Hall–Kier alpha value is -1.95. The fraction of sp³-hybridized carbons (Fsp3) is 0.696. The largest absolute Gasteiger partial charge is 0.493 e. The van der Waals surface area contributed by atoms with Gasteiger partial charge in [0.25, 0.3) is 0 Å². The normalized spacial score (nSPS) is 22.7. The second kappa shape index (κ2) is 9.24. The van der Waals surface area contributed by atoms with E-state index in [4.69, 9.17) is 18.9 Å². The lowest BCUT2D eigenvalue weighted by Gasteiger charge is -2.24. The highest BCUT2D eigenvalue weighted by Crippen LogP contribution is 2.39. The number of carbonyl (C=O) groups is 1. The Labute approximate surface area is 174 Å². The van der Waals surface area contributed by atoms with Gasteiger partial charge in [0.15, 0.2) is 11.5 Å². The molecule has 1 saturated heterocycles. The van der Waals surface area contributed by atoms with Crippen molar-refractivity contribution in [1.82, 2.24) is 4.90 Å². The number of carbonyl (C=O) groups excluding carboxylic acids is 1. The molecule has 2 aliphatic rings. The molecule has 1 aromatic carbocycles. The molecule has 1 heterocycles. The minimum atomic E-state index is -0.506. The van der Waals surface area contributed by atoms with Crippen LogP contribution in [0.25, 0.3) is 0 Å². The van der Waals surface area contributed by atoms with E-state index in [-0.39, 0.29) is 24.0 Å². The van der Waals surface area contributed by atoms with E-state index in [9.17, 15) is 4.79 Å². The summed E-state index contributed by atoms with van der Waals surface area (Å²) in [6, 6.07) is 6.13. The molecule has 2 atom stereocenters. The van der Waals surface area contributed by atoms with Crippen LogP contribution in [0, 0.1) is 5.92 Å². The lowest BCUT2D eigenvalue weighted by atomic mass is 9.89. The van der Waals surface area contributed by atoms with Crippen LogP contribution in [0.5, 0.6) is 11.5 Å². The smallest absolute Gasteiger partial charge is 0.410 e. The van der Waals surface area contributed by atoms with E-state index in [1.54, 1.807) is 19.1 Å². The zero-order chi connectivity index (χ0) is 21.0. The first kappa shape index (κ1) is 21.8. The monoisotopic (exact) mass is 405 g/mol. The van der Waals surface area contributed by atoms with Crippen molar-refractivity contribution in [2.75, 3.05) is 33.9 Å². The van der Waals surface area contributed by atoms with Crippen LogP contribution in [0.3, 0.4) is 0 Å². The maximum absolute atomic E-state index is 12.6. The van der Waals surface area contributed by atoms with Crippen molar-refractivity contribution < 1.29 is 23.7 Å². The zero-order valence-corrected chi connectivity index (χ0v) is 18.4. The van der Waals surface area contributed by atoms with Gasteiger partial charge in [0.1, 0.15) is 5.60 Å². The average Bonchev–Trinajstić information content (AvgIpc) is 3.30. The molecular formula is C23H35NO5. The second-order valence-electron chi connectivity index (χ2n) is 9.14. The van der Waals surface area contributed by atoms with Gasteiger partial charge in [-0.3, -0.25) is 0 Å². The number of likely N-dealkylation sites (tertiary alicyclic amines) is 1. The molecule has 1 saturated carbocycles. The van der Waals surface area contributed by atoms with Gasteiger partial charge in [-0.1, -0.05) is 6.07 Å². The standard InChI is InChI=1S/C23H35NO5/c1-23(2,3)29-22(25)24-13-17(15-26-4)19(14-24)16-10-11-20(27-5)21(12-16)28-18-8-6-7-9-18/h10-12,17-19H,6-9,13-15H2,1-5H3/t17-,19-/m0/s1. The number of benzene rings is 1. The SMILES string of the molecule is COC[C@@H]1CN(C(=O)OC(C)(C)C)C[C@H]1c1ccc(OC)c(OC2CCCC2)c1. The molecule has 0 aromatic heterocycles. The molecule has 1 aromatic rings. The number of ether oxygens (including phenoxy) is 4. The predicted molar refractivity (Wildman–Crippen MR) is 112 cm³/mol. The van der Waals surface area contributed by atoms with Gasteiger partial charge in [-0.2, -0.15) is 0 Å². The molecule has 0 spiro atoms. The summed E-state index contributed by atoms with van der Waals surface area (Å²) in [6.07, 6.45) is 4.62. The van der Waals surface area contributed by atoms with E-state index in [1.807, 2.05) is 26.8 Å². The molecule has 1 amide bonds. The summed E-state index contributed by atoms with van der Waals surface area (Å²) in [5, 5.41) is 0. The van der Waals surface area contributed by atoms with Crippen LogP contribution in [0.15, 0.2) is 18.2 Å². The van der Waals surface area contributed by atoms with Crippen molar-refractivity contribution in [3.63, 3.8) is 0 Å². The molecule has 6 nitrogen and oxygen atoms in total. The zero-order valence-electron chi connectivity index (χ0n) is 18.4. The third-order valence-electron chi connectivity index (χ3n) is 5.69. The quantitative estimate of drug-likeness (QED) is 0.692. The van der Waals surface area contributed by atoms with Crippen molar-refractivity contribution in [1.29, 1.82) is 0 Å². The van der Waals surface area contributed by atoms with E-state index in [0.29, 0.717) is 19.7 Å². The maximum Gasteiger partial charge on any atom is 0.410 e. The Balaban J connectivity index is 1.79. The molecule has 6 heteroatoms. The molecule has 1 aliphatic carbocycles. The molecule has 29 heavy (non-hydrogen) atoms. The summed E-state index contributed by atoms with van der Waals surface area (Å²) in [4.78, 5) is 14.4. The Bertz CT molecular complexity index is 693. The Morgan fingerprint density at radius 3 is 2.45 bits per heavy atom. The third kappa shape index (κ3) is 5.56. The Morgan fingerprint density at radius 1 is 1.10 bits per heavy atom. The summed E-state index contributed by atoms with van der Waals surface area (Å²) in [7, 11) is 3.37. The molecule has 1 aliphatic heterocycles. The second-order valence-corrected chi connectivity index (χ2v) is 9.14. The maximum atomic E-state index is 12.6. The Morgan fingerprint density at radius 2 is 1.83 bits per heavy atom. The van der Waals surface area contributed by atoms with Crippen LogP contribution < -0.4 is 9.47 Å². The van der Waals surface area contributed by atoms with Gasteiger partial charge in [0.2, 0.25) is 0 Å². The fourth-order valence-electron chi connectivity index (χ4n) is 4.31. The first-order valence-corrected chi connectivity index (χ1v) is 10.6. The van der Waals surface area contributed by atoms with Crippen LogP contribution in [-0.4, -0.2) is 56.6 Å². The minimum Gasteiger partial charge on any atom is -0.493 e. The predicted octanol–water partition coefficient (Wildman–Crippen LogP) is 4.61. The van der Waals surface area contributed by atoms with Crippen molar-refractivity contribution in [3.05, 3.63) is 23.8 Å². The van der Waals surface area contributed by atoms with Crippen LogP contribution in [0.2, 0.25) is 0 Å². The molecule has 0 radical (unpaired) electrons. The highest BCUT2D eigenvalue weighted by Gasteiger charge is 2.38. The summed E-state index contributed by atoms with van der Waals surface area (Å²) in [5.74, 6) is 1.93. The van der Waals surface area contributed by atoms with Gasteiger partial charge in [-0.05, 0) is 64.2 Å². The van der Waals surface area contributed by atoms with Gasteiger partial charge in [-0.15, -0.1) is 0 Å². The number of hydrogen-bond donors (Lipinski definition) is 0. The van der Waals surface area contributed by atoms with Crippen LogP contribution in [0.4, 0.5) is 4.79 Å². The van der Waals surface area contributed by atoms with Gasteiger partial charge < -0.3 is 23.8 Å². The average molecular weight is 406 g/mol. The first-order chi connectivity index (χ1) is 13.8. The van der Waals surface area contributed by atoms with Crippen molar-refractivity contribution in [2.45, 2.75) is 64.1 Å². The van der Waals surface area contributed by atoms with E-state index in [0.717, 1.165) is 29.9 Å². The first-order valence-electron chi connectivity index (χ1n) is 10.6. The summed E-state index contributed by atoms with van der Waals surface area (Å²) in [6.45, 7) is 7.49. The van der Waals surface area contributed by atoms with Crippen molar-refractivity contribution in [2.24, 2.45) is 5.92 Å². The summed E-state index contributed by atoms with van der Waals surface area (Å²) < 4.78 is 22.8. The van der Waals surface area contributed by atoms with E-state index >= 15 is 0 Å². The minimum absolute atomic E-state index is 0.166. The van der Waals surface area contributed by atoms with E-state index in [2.05, 4.69) is 12.1 Å². The highest BCUT2D eigenvalue weighted by atomic mass is 16.6. The van der Waals surface area contributed by atoms with Crippen LogP contribution >= 0.6 is 0 Å². The Kier molecular flexibility index (Phi) is 6.93. The van der Waals surface area contributed by atoms with Gasteiger partial charge in [0, 0.05) is 32.0 Å². The van der Waals surface area contributed by atoms with Crippen molar-refractivity contribution >= 4 is 6.09 Å². The lowest BCUT2D eigenvalue weighted by Crippen LogP contribution is -2.35. The van der Waals surface area contributed by atoms with Gasteiger partial charge in [-0.25, -0.2) is 4.79 Å². The van der Waals surface area contributed by atoms with Crippen LogP contribution in [-0.2, 0) is 9.47 Å². The lowest BCUT2D eigenvalue weighted by molar-refractivity contribution is 0.0279. The number of methoxy groups -OCH3 is 2. The molecule has 2 fully saturated rings. The van der Waals surface area contributed by atoms with Crippen molar-refractivity contribution in [3.8, 4) is 11.5 Å². The summed E-state index contributed by atoms with van der Waals surface area (Å²) in [5.41, 5.74) is 0.640. The molecule has 0 unspecified atom stereocenters.